The Bertz CT molecular complexity index is 268. The van der Waals surface area contributed by atoms with Gasteiger partial charge < -0.3 is 9.64 Å². The Hall–Kier alpha value is -0.610. The Balaban J connectivity index is 2.41. The molecule has 1 aliphatic rings. The van der Waals surface area contributed by atoms with Crippen LogP contribution in [0.5, 0.6) is 0 Å². The zero-order chi connectivity index (χ0) is 13.1. The molecule has 0 aromatic carbocycles. The molecule has 1 heterocycles. The Morgan fingerprint density at radius 1 is 1.53 bits per heavy atom. The molecule has 100 valence electrons. The number of nitrogens with zero attached hydrogens (tertiary/aromatic N) is 1. The lowest BCUT2D eigenvalue weighted by Gasteiger charge is -2.22. The van der Waals surface area contributed by atoms with Crippen LogP contribution in [0.25, 0.3) is 0 Å². The number of hydrogen-bond donors (Lipinski definition) is 1. The van der Waals surface area contributed by atoms with Crippen molar-refractivity contribution in [2.24, 2.45) is 5.92 Å². The minimum Gasteiger partial charge on any atom is -0.379 e. The monoisotopic (exact) mass is 242 g/mol. The van der Waals surface area contributed by atoms with Crippen LogP contribution in [0.15, 0.2) is 0 Å². The summed E-state index contributed by atoms with van der Waals surface area (Å²) in [7, 11) is 0. The van der Waals surface area contributed by atoms with Crippen LogP contribution in [0.3, 0.4) is 0 Å². The Kier molecular flexibility index (Phi) is 4.95. The van der Waals surface area contributed by atoms with Gasteiger partial charge in [-0.15, -0.1) is 0 Å². The molecule has 1 aliphatic heterocycles. The molecule has 0 aromatic rings. The van der Waals surface area contributed by atoms with E-state index in [0.717, 1.165) is 13.0 Å². The minimum atomic E-state index is -0.391. The Morgan fingerprint density at radius 2 is 2.18 bits per heavy atom. The van der Waals surface area contributed by atoms with Crippen LogP contribution in [0.4, 0.5) is 0 Å². The maximum absolute atomic E-state index is 12.2. The number of nitrogens with one attached hydrogen (secondary N) is 1. The van der Waals surface area contributed by atoms with Crippen LogP contribution in [0, 0.1) is 5.92 Å². The van der Waals surface area contributed by atoms with Crippen molar-refractivity contribution >= 4 is 5.91 Å². The summed E-state index contributed by atoms with van der Waals surface area (Å²) in [5.74, 6) is 0.737. The Morgan fingerprint density at radius 3 is 2.65 bits per heavy atom. The van der Waals surface area contributed by atoms with E-state index in [-0.39, 0.29) is 12.1 Å². The summed E-state index contributed by atoms with van der Waals surface area (Å²) in [5, 5.41) is 3.35. The molecular formula is C13H26N2O2. The largest absolute Gasteiger partial charge is 0.379 e. The highest BCUT2D eigenvalue weighted by Gasteiger charge is 2.44. The average Bonchev–Trinajstić information content (AvgIpc) is 2.47. The molecule has 4 heteroatoms. The highest BCUT2D eigenvalue weighted by atomic mass is 16.5. The first-order valence-corrected chi connectivity index (χ1v) is 6.57. The normalized spacial score (nSPS) is 29.4. The van der Waals surface area contributed by atoms with Crippen molar-refractivity contribution in [3.63, 3.8) is 0 Å². The predicted molar refractivity (Wildman–Crippen MR) is 68.7 cm³/mol. The van der Waals surface area contributed by atoms with Gasteiger partial charge in [0, 0.05) is 13.2 Å². The van der Waals surface area contributed by atoms with Crippen LogP contribution >= 0.6 is 0 Å². The molecule has 1 rings (SSSR count). The SMILES string of the molecule is CCC1(C)NC(C)N(CCOCC(C)C)C1=O. The molecule has 0 aliphatic carbocycles. The summed E-state index contributed by atoms with van der Waals surface area (Å²) < 4.78 is 5.53. The summed E-state index contributed by atoms with van der Waals surface area (Å²) in [4.78, 5) is 14.1. The van der Waals surface area contributed by atoms with Crippen molar-refractivity contribution in [3.05, 3.63) is 0 Å². The molecule has 0 aromatic heterocycles. The van der Waals surface area contributed by atoms with Crippen LogP contribution in [-0.4, -0.2) is 42.3 Å². The number of amides is 1. The summed E-state index contributed by atoms with van der Waals surface area (Å²) in [6, 6.07) is 0. The Labute approximate surface area is 105 Å². The summed E-state index contributed by atoms with van der Waals surface area (Å²) >= 11 is 0. The lowest BCUT2D eigenvalue weighted by molar-refractivity contribution is -0.133. The number of carbonyl (C=O) groups excluding carboxylic acids is 1. The second-order valence-electron chi connectivity index (χ2n) is 5.47. The van der Waals surface area contributed by atoms with Gasteiger partial charge in [0.2, 0.25) is 5.91 Å². The van der Waals surface area contributed by atoms with Gasteiger partial charge in [-0.3, -0.25) is 10.1 Å². The number of ether oxygens (including phenoxy) is 1. The van der Waals surface area contributed by atoms with Crippen LogP contribution in [-0.2, 0) is 9.53 Å². The van der Waals surface area contributed by atoms with Gasteiger partial charge in [-0.2, -0.15) is 0 Å². The first-order valence-electron chi connectivity index (χ1n) is 6.57. The second kappa shape index (κ2) is 5.83. The maximum Gasteiger partial charge on any atom is 0.243 e. The molecule has 0 radical (unpaired) electrons. The molecule has 1 saturated heterocycles. The predicted octanol–water partition coefficient (Wildman–Crippen LogP) is 1.61. The third-order valence-corrected chi connectivity index (χ3v) is 3.36. The van der Waals surface area contributed by atoms with Gasteiger partial charge in [-0.05, 0) is 26.2 Å². The molecular weight excluding hydrogens is 216 g/mol. The maximum atomic E-state index is 12.2. The lowest BCUT2D eigenvalue weighted by Crippen LogP contribution is -2.43. The standard InChI is InChI=1S/C13H26N2O2/c1-6-13(5)12(16)15(11(4)14-13)7-8-17-9-10(2)3/h10-11,14H,6-9H2,1-5H3. The summed E-state index contributed by atoms with van der Waals surface area (Å²) in [6.07, 6.45) is 0.926. The van der Waals surface area contributed by atoms with E-state index in [4.69, 9.17) is 4.74 Å². The fourth-order valence-electron chi connectivity index (χ4n) is 2.12. The molecule has 4 nitrogen and oxygen atoms in total. The zero-order valence-electron chi connectivity index (χ0n) is 11.7. The highest BCUT2D eigenvalue weighted by molar-refractivity contribution is 5.88. The van der Waals surface area contributed by atoms with Crippen LogP contribution in [0.2, 0.25) is 0 Å². The van der Waals surface area contributed by atoms with E-state index in [1.54, 1.807) is 0 Å². The van der Waals surface area contributed by atoms with Gasteiger partial charge >= 0.3 is 0 Å². The van der Waals surface area contributed by atoms with E-state index in [2.05, 4.69) is 19.2 Å². The molecule has 2 unspecified atom stereocenters. The first kappa shape index (κ1) is 14.5. The third-order valence-electron chi connectivity index (χ3n) is 3.36. The van der Waals surface area contributed by atoms with Gasteiger partial charge in [-0.25, -0.2) is 0 Å². The summed E-state index contributed by atoms with van der Waals surface area (Å²) in [5.41, 5.74) is -0.391. The van der Waals surface area contributed by atoms with Crippen molar-refractivity contribution < 1.29 is 9.53 Å². The van der Waals surface area contributed by atoms with E-state index in [9.17, 15) is 4.79 Å². The van der Waals surface area contributed by atoms with Crippen molar-refractivity contribution in [3.8, 4) is 0 Å². The second-order valence-corrected chi connectivity index (χ2v) is 5.47. The molecule has 0 spiro atoms. The van der Waals surface area contributed by atoms with Gasteiger partial charge in [0.05, 0.1) is 18.3 Å². The van der Waals surface area contributed by atoms with Gasteiger partial charge in [0.15, 0.2) is 0 Å². The zero-order valence-corrected chi connectivity index (χ0v) is 11.7. The van der Waals surface area contributed by atoms with Crippen LogP contribution < -0.4 is 5.32 Å². The number of hydrogen-bond acceptors (Lipinski definition) is 3. The topological polar surface area (TPSA) is 41.6 Å². The molecule has 0 bridgehead atoms. The van der Waals surface area contributed by atoms with E-state index in [0.29, 0.717) is 19.1 Å². The van der Waals surface area contributed by atoms with E-state index < -0.39 is 5.54 Å². The smallest absolute Gasteiger partial charge is 0.243 e. The molecule has 17 heavy (non-hydrogen) atoms. The quantitative estimate of drug-likeness (QED) is 0.719. The van der Waals surface area contributed by atoms with Crippen molar-refractivity contribution in [2.45, 2.75) is 52.7 Å². The molecule has 1 amide bonds. The third kappa shape index (κ3) is 3.42. The van der Waals surface area contributed by atoms with E-state index in [1.807, 2.05) is 25.7 Å². The molecule has 2 atom stereocenters. The van der Waals surface area contributed by atoms with Crippen molar-refractivity contribution in [2.75, 3.05) is 19.8 Å². The highest BCUT2D eigenvalue weighted by Crippen LogP contribution is 2.22. The lowest BCUT2D eigenvalue weighted by atomic mass is 9.99. The van der Waals surface area contributed by atoms with Gasteiger partial charge in [0.1, 0.15) is 0 Å². The van der Waals surface area contributed by atoms with Crippen LogP contribution in [0.1, 0.15) is 41.0 Å². The van der Waals surface area contributed by atoms with Crippen molar-refractivity contribution in [1.82, 2.24) is 10.2 Å². The molecule has 0 saturated carbocycles. The summed E-state index contributed by atoms with van der Waals surface area (Å²) in [6.45, 7) is 12.3. The minimum absolute atomic E-state index is 0.107. The average molecular weight is 242 g/mol. The molecule has 1 fully saturated rings. The van der Waals surface area contributed by atoms with E-state index in [1.165, 1.54) is 0 Å². The van der Waals surface area contributed by atoms with Crippen molar-refractivity contribution in [1.29, 1.82) is 0 Å². The number of rotatable bonds is 6. The fourth-order valence-corrected chi connectivity index (χ4v) is 2.12. The van der Waals surface area contributed by atoms with Gasteiger partial charge in [-0.1, -0.05) is 20.8 Å². The molecule has 1 N–H and O–H groups in total. The number of carbonyl (C=O) groups is 1. The first-order chi connectivity index (χ1) is 7.90. The van der Waals surface area contributed by atoms with E-state index >= 15 is 0 Å². The van der Waals surface area contributed by atoms with Gasteiger partial charge in [0.25, 0.3) is 0 Å². The fraction of sp³-hybridized carbons (Fsp3) is 0.923.